The van der Waals surface area contributed by atoms with Gasteiger partial charge in [-0.2, -0.15) is 5.26 Å². The Balaban J connectivity index is 2.92. The highest BCUT2D eigenvalue weighted by Gasteiger charge is 2.21. The molecule has 0 heterocycles. The van der Waals surface area contributed by atoms with Crippen molar-refractivity contribution in [1.29, 1.82) is 5.26 Å². The molecule has 1 aromatic carbocycles. The molecule has 20 heavy (non-hydrogen) atoms. The molecule has 1 aromatic rings. The zero-order valence-electron chi connectivity index (χ0n) is 11.9. The summed E-state index contributed by atoms with van der Waals surface area (Å²) in [6.07, 6.45) is -0.612. The Morgan fingerprint density at radius 1 is 1.50 bits per heavy atom. The van der Waals surface area contributed by atoms with Gasteiger partial charge in [-0.3, -0.25) is 0 Å². The largest absolute Gasteiger partial charge is 0.508 e. The number of hydrogen-bond acceptors (Lipinski definition) is 4. The Kier molecular flexibility index (Phi) is 4.56. The Labute approximate surface area is 117 Å². The maximum absolute atomic E-state index is 13.9. The van der Waals surface area contributed by atoms with Gasteiger partial charge in [0.15, 0.2) is 0 Å². The quantitative estimate of drug-likeness (QED) is 0.904. The van der Waals surface area contributed by atoms with Crippen LogP contribution in [0.2, 0.25) is 0 Å². The van der Waals surface area contributed by atoms with E-state index < -0.39 is 17.5 Å². The van der Waals surface area contributed by atoms with E-state index in [1.54, 1.807) is 26.8 Å². The summed E-state index contributed by atoms with van der Waals surface area (Å²) in [5.41, 5.74) is -0.868. The summed E-state index contributed by atoms with van der Waals surface area (Å²) in [6.45, 7) is 5.06. The van der Waals surface area contributed by atoms with Crippen LogP contribution in [0, 0.1) is 17.1 Å². The summed E-state index contributed by atoms with van der Waals surface area (Å²) in [6, 6.07) is 3.86. The van der Waals surface area contributed by atoms with Crippen molar-refractivity contribution in [2.24, 2.45) is 0 Å². The number of hydrogen-bond donors (Lipinski definition) is 1. The number of carbonyl (C=O) groups excluding carboxylic acids is 1. The van der Waals surface area contributed by atoms with Crippen molar-refractivity contribution in [2.45, 2.75) is 32.9 Å². The molecule has 0 aliphatic carbocycles. The van der Waals surface area contributed by atoms with E-state index in [4.69, 9.17) is 10.00 Å². The fraction of sp³-hybridized carbons (Fsp3) is 0.429. The monoisotopic (exact) mass is 280 g/mol. The molecule has 0 saturated carbocycles. The van der Waals surface area contributed by atoms with Crippen LogP contribution in [0.3, 0.4) is 0 Å². The standard InChI is InChI=1S/C14H17FN2O3/c1-14(2,3)20-13(19)17(4)8-10-6-11(18)5-9(7-16)12(10)15/h5-6,18H,8H2,1-4H3. The first-order valence-corrected chi connectivity index (χ1v) is 5.99. The number of nitriles is 1. The van der Waals surface area contributed by atoms with E-state index in [-0.39, 0.29) is 23.4 Å². The molecule has 6 heteroatoms. The van der Waals surface area contributed by atoms with Gasteiger partial charge < -0.3 is 14.7 Å². The van der Waals surface area contributed by atoms with Gasteiger partial charge in [-0.25, -0.2) is 9.18 Å². The summed E-state index contributed by atoms with van der Waals surface area (Å²) in [4.78, 5) is 12.9. The van der Waals surface area contributed by atoms with Gasteiger partial charge in [-0.1, -0.05) is 0 Å². The number of halogens is 1. The first-order chi connectivity index (χ1) is 9.14. The molecular formula is C14H17FN2O3. The third kappa shape index (κ3) is 4.12. The second-order valence-corrected chi connectivity index (χ2v) is 5.41. The molecule has 0 radical (unpaired) electrons. The Morgan fingerprint density at radius 3 is 2.60 bits per heavy atom. The van der Waals surface area contributed by atoms with Crippen molar-refractivity contribution >= 4 is 6.09 Å². The molecule has 0 unspecified atom stereocenters. The number of carbonyl (C=O) groups is 1. The minimum absolute atomic E-state index is 0.0508. The third-order valence-electron chi connectivity index (χ3n) is 2.37. The predicted molar refractivity (Wildman–Crippen MR) is 70.5 cm³/mol. The molecule has 0 fully saturated rings. The fourth-order valence-corrected chi connectivity index (χ4v) is 1.52. The molecule has 0 aromatic heterocycles. The molecule has 0 saturated heterocycles. The molecule has 0 atom stereocenters. The molecule has 5 nitrogen and oxygen atoms in total. The summed E-state index contributed by atoms with van der Waals surface area (Å²) in [5.74, 6) is -0.976. The predicted octanol–water partition coefficient (Wildman–Crippen LogP) is 2.77. The van der Waals surface area contributed by atoms with E-state index in [0.717, 1.165) is 6.07 Å². The van der Waals surface area contributed by atoms with E-state index >= 15 is 0 Å². The minimum atomic E-state index is -0.749. The molecule has 1 rings (SSSR count). The Bertz CT molecular complexity index is 559. The summed E-state index contributed by atoms with van der Waals surface area (Å²) in [5, 5.41) is 18.2. The highest BCUT2D eigenvalue weighted by atomic mass is 19.1. The van der Waals surface area contributed by atoms with Gasteiger partial charge in [0.05, 0.1) is 12.1 Å². The number of benzene rings is 1. The topological polar surface area (TPSA) is 73.6 Å². The van der Waals surface area contributed by atoms with Gasteiger partial charge in [-0.15, -0.1) is 0 Å². The number of ether oxygens (including phenoxy) is 1. The van der Waals surface area contributed by atoms with Crippen molar-refractivity contribution in [2.75, 3.05) is 7.05 Å². The highest BCUT2D eigenvalue weighted by molar-refractivity contribution is 5.67. The molecule has 1 N–H and O–H groups in total. The molecule has 0 spiro atoms. The summed E-state index contributed by atoms with van der Waals surface area (Å²) >= 11 is 0. The van der Waals surface area contributed by atoms with Crippen molar-refractivity contribution in [3.05, 3.63) is 29.1 Å². The number of amides is 1. The van der Waals surface area contributed by atoms with E-state index in [2.05, 4.69) is 0 Å². The first-order valence-electron chi connectivity index (χ1n) is 5.99. The van der Waals surface area contributed by atoms with Gasteiger partial charge in [0.25, 0.3) is 0 Å². The first kappa shape index (κ1) is 15.8. The molecule has 0 aliphatic heterocycles. The van der Waals surface area contributed by atoms with Crippen LogP contribution in [0.15, 0.2) is 12.1 Å². The average Bonchev–Trinajstić information content (AvgIpc) is 2.31. The van der Waals surface area contributed by atoms with Crippen molar-refractivity contribution < 1.29 is 19.0 Å². The maximum Gasteiger partial charge on any atom is 0.410 e. The number of phenolic OH excluding ortho intramolecular Hbond substituents is 1. The van der Waals surface area contributed by atoms with Gasteiger partial charge in [0.2, 0.25) is 0 Å². The van der Waals surface area contributed by atoms with Crippen LogP contribution < -0.4 is 0 Å². The van der Waals surface area contributed by atoms with Crippen LogP contribution in [0.5, 0.6) is 5.75 Å². The van der Waals surface area contributed by atoms with E-state index in [9.17, 15) is 14.3 Å². The zero-order valence-corrected chi connectivity index (χ0v) is 11.9. The average molecular weight is 280 g/mol. The second kappa shape index (κ2) is 5.78. The molecule has 1 amide bonds. The maximum atomic E-state index is 13.9. The number of phenols is 1. The second-order valence-electron chi connectivity index (χ2n) is 5.41. The van der Waals surface area contributed by atoms with Crippen molar-refractivity contribution in [3.63, 3.8) is 0 Å². The van der Waals surface area contributed by atoms with Crippen LogP contribution in [0.25, 0.3) is 0 Å². The zero-order chi connectivity index (χ0) is 15.5. The number of rotatable bonds is 2. The van der Waals surface area contributed by atoms with Crippen LogP contribution in [-0.4, -0.2) is 28.7 Å². The van der Waals surface area contributed by atoms with Gasteiger partial charge in [-0.05, 0) is 26.8 Å². The Morgan fingerprint density at radius 2 is 2.10 bits per heavy atom. The minimum Gasteiger partial charge on any atom is -0.508 e. The SMILES string of the molecule is CN(Cc1cc(O)cc(C#N)c1F)C(=O)OC(C)(C)C. The van der Waals surface area contributed by atoms with E-state index in [1.807, 2.05) is 0 Å². The van der Waals surface area contributed by atoms with Gasteiger partial charge in [0.1, 0.15) is 23.2 Å². The molecule has 108 valence electrons. The van der Waals surface area contributed by atoms with E-state index in [1.165, 1.54) is 18.0 Å². The van der Waals surface area contributed by atoms with Crippen molar-refractivity contribution in [1.82, 2.24) is 4.90 Å². The van der Waals surface area contributed by atoms with Gasteiger partial charge in [0, 0.05) is 18.7 Å². The van der Waals surface area contributed by atoms with Gasteiger partial charge >= 0.3 is 6.09 Å². The van der Waals surface area contributed by atoms with Crippen LogP contribution in [0.4, 0.5) is 9.18 Å². The fourth-order valence-electron chi connectivity index (χ4n) is 1.52. The third-order valence-corrected chi connectivity index (χ3v) is 2.37. The lowest BCUT2D eigenvalue weighted by atomic mass is 10.1. The number of aromatic hydroxyl groups is 1. The van der Waals surface area contributed by atoms with Crippen molar-refractivity contribution in [3.8, 4) is 11.8 Å². The van der Waals surface area contributed by atoms with Crippen LogP contribution in [0.1, 0.15) is 31.9 Å². The normalized spacial score (nSPS) is 10.8. The molecular weight excluding hydrogens is 263 g/mol. The van der Waals surface area contributed by atoms with Crippen LogP contribution >= 0.6 is 0 Å². The molecule has 0 aliphatic rings. The smallest absolute Gasteiger partial charge is 0.410 e. The molecule has 0 bridgehead atoms. The summed E-state index contributed by atoms with van der Waals surface area (Å²) < 4.78 is 19.0. The lowest BCUT2D eigenvalue weighted by Gasteiger charge is -2.24. The summed E-state index contributed by atoms with van der Waals surface area (Å²) in [7, 11) is 1.45. The van der Waals surface area contributed by atoms with E-state index in [0.29, 0.717) is 0 Å². The Hall–Kier alpha value is -2.29. The number of nitrogens with zero attached hydrogens (tertiary/aromatic N) is 2. The highest BCUT2D eigenvalue weighted by Crippen LogP contribution is 2.21. The lowest BCUT2D eigenvalue weighted by Crippen LogP contribution is -2.34. The lowest BCUT2D eigenvalue weighted by molar-refractivity contribution is 0.0283. The van der Waals surface area contributed by atoms with Crippen LogP contribution in [-0.2, 0) is 11.3 Å².